The van der Waals surface area contributed by atoms with Gasteiger partial charge in [0.05, 0.1) is 4.90 Å². The molecule has 0 atom stereocenters. The zero-order valence-corrected chi connectivity index (χ0v) is 16.4. The molecule has 150 valence electrons. The van der Waals surface area contributed by atoms with Gasteiger partial charge in [0.25, 0.3) is 5.91 Å². The molecule has 1 saturated heterocycles. The molecule has 0 aromatic heterocycles. The van der Waals surface area contributed by atoms with Crippen molar-refractivity contribution >= 4 is 15.9 Å². The number of halogens is 1. The summed E-state index contributed by atoms with van der Waals surface area (Å²) in [5, 5.41) is 2.86. The van der Waals surface area contributed by atoms with Crippen LogP contribution < -0.4 is 10.1 Å². The van der Waals surface area contributed by atoms with Crippen molar-refractivity contribution in [2.24, 2.45) is 0 Å². The summed E-state index contributed by atoms with van der Waals surface area (Å²) in [5.74, 6) is -0.246. The van der Waals surface area contributed by atoms with Crippen molar-refractivity contribution in [1.29, 1.82) is 0 Å². The van der Waals surface area contributed by atoms with Gasteiger partial charge in [-0.25, -0.2) is 12.8 Å². The van der Waals surface area contributed by atoms with Gasteiger partial charge in [-0.2, -0.15) is 4.31 Å². The molecule has 1 aliphatic heterocycles. The van der Waals surface area contributed by atoms with Gasteiger partial charge >= 0.3 is 0 Å². The highest BCUT2D eigenvalue weighted by Crippen LogP contribution is 2.21. The highest BCUT2D eigenvalue weighted by molar-refractivity contribution is 7.89. The molecule has 1 aliphatic rings. The van der Waals surface area contributed by atoms with Crippen LogP contribution in [0.4, 0.5) is 4.39 Å². The Morgan fingerprint density at radius 1 is 1.11 bits per heavy atom. The van der Waals surface area contributed by atoms with Gasteiger partial charge in [-0.15, -0.1) is 0 Å². The zero-order chi connectivity index (χ0) is 20.1. The first-order valence-corrected chi connectivity index (χ1v) is 10.5. The van der Waals surface area contributed by atoms with E-state index in [0.29, 0.717) is 31.7 Å². The molecule has 0 saturated carbocycles. The number of carbonyl (C=O) groups excluding carboxylic acids is 1. The summed E-state index contributed by atoms with van der Waals surface area (Å²) in [6, 6.07) is 12.1. The van der Waals surface area contributed by atoms with Crippen molar-refractivity contribution in [2.75, 3.05) is 19.7 Å². The number of nitrogens with zero attached hydrogens (tertiary/aromatic N) is 1. The number of aryl methyl sites for hydroxylation is 1. The molecule has 0 radical (unpaired) electrons. The molecule has 1 fully saturated rings. The molecule has 0 bridgehead atoms. The van der Waals surface area contributed by atoms with Gasteiger partial charge in [-0.05, 0) is 56.2 Å². The van der Waals surface area contributed by atoms with E-state index < -0.39 is 10.0 Å². The minimum atomic E-state index is -3.52. The van der Waals surface area contributed by atoms with E-state index in [9.17, 15) is 17.6 Å². The smallest absolute Gasteiger partial charge is 0.258 e. The van der Waals surface area contributed by atoms with E-state index in [0.717, 1.165) is 5.56 Å². The molecule has 1 heterocycles. The van der Waals surface area contributed by atoms with Gasteiger partial charge in [0.1, 0.15) is 11.6 Å². The number of piperidine rings is 1. The van der Waals surface area contributed by atoms with Crippen LogP contribution in [0.15, 0.2) is 53.4 Å². The lowest BCUT2D eigenvalue weighted by molar-refractivity contribution is -0.124. The zero-order valence-electron chi connectivity index (χ0n) is 15.6. The average molecular weight is 406 g/mol. The average Bonchev–Trinajstić information content (AvgIpc) is 2.68. The highest BCUT2D eigenvalue weighted by atomic mass is 32.2. The molecule has 8 heteroatoms. The van der Waals surface area contributed by atoms with E-state index in [-0.39, 0.29) is 29.3 Å². The second-order valence-electron chi connectivity index (χ2n) is 6.80. The third-order valence-electron chi connectivity index (χ3n) is 4.66. The number of ether oxygens (including phenoxy) is 1. The van der Waals surface area contributed by atoms with E-state index in [4.69, 9.17) is 4.74 Å². The molecule has 1 N–H and O–H groups in total. The molecule has 2 aromatic rings. The summed E-state index contributed by atoms with van der Waals surface area (Å²) in [7, 11) is -3.52. The van der Waals surface area contributed by atoms with Crippen molar-refractivity contribution in [3.8, 4) is 5.75 Å². The number of amides is 1. The monoisotopic (exact) mass is 406 g/mol. The van der Waals surface area contributed by atoms with Crippen molar-refractivity contribution in [3.63, 3.8) is 0 Å². The van der Waals surface area contributed by atoms with Crippen molar-refractivity contribution in [2.45, 2.75) is 30.7 Å². The molecule has 0 aliphatic carbocycles. The summed E-state index contributed by atoms with van der Waals surface area (Å²) >= 11 is 0. The number of benzene rings is 2. The predicted molar refractivity (Wildman–Crippen MR) is 103 cm³/mol. The summed E-state index contributed by atoms with van der Waals surface area (Å²) < 4.78 is 45.0. The lowest BCUT2D eigenvalue weighted by atomic mass is 10.1. The predicted octanol–water partition coefficient (Wildman–Crippen LogP) is 2.48. The van der Waals surface area contributed by atoms with E-state index in [1.54, 1.807) is 24.3 Å². The Kier molecular flexibility index (Phi) is 6.31. The fraction of sp³-hybridized carbons (Fsp3) is 0.350. The third kappa shape index (κ3) is 5.08. The lowest BCUT2D eigenvalue weighted by Crippen LogP contribution is -2.47. The second kappa shape index (κ2) is 8.70. The Balaban J connectivity index is 1.47. The minimum absolute atomic E-state index is 0.103. The minimum Gasteiger partial charge on any atom is -0.484 e. The van der Waals surface area contributed by atoms with Crippen molar-refractivity contribution < 1.29 is 22.3 Å². The van der Waals surface area contributed by atoms with Gasteiger partial charge in [0, 0.05) is 19.1 Å². The summed E-state index contributed by atoms with van der Waals surface area (Å²) in [4.78, 5) is 12.3. The number of nitrogens with one attached hydrogen (secondary N) is 1. The van der Waals surface area contributed by atoms with Crippen LogP contribution in [-0.4, -0.2) is 44.4 Å². The Hall–Kier alpha value is -2.45. The largest absolute Gasteiger partial charge is 0.484 e. The molecule has 0 unspecified atom stereocenters. The first-order chi connectivity index (χ1) is 13.3. The fourth-order valence-electron chi connectivity index (χ4n) is 3.05. The standard InChI is InChI=1S/C20H23FN2O4S/c1-15-2-8-19(9-3-15)28(25,26)23-12-10-17(11-13-23)22-20(24)14-27-18-6-4-16(21)5-7-18/h2-9,17H,10-14H2,1H3,(H,22,24). The Labute approximate surface area is 164 Å². The Morgan fingerprint density at radius 2 is 1.71 bits per heavy atom. The molecular formula is C20H23FN2O4S. The third-order valence-corrected chi connectivity index (χ3v) is 6.57. The number of rotatable bonds is 6. The van der Waals surface area contributed by atoms with Gasteiger partial charge in [-0.1, -0.05) is 17.7 Å². The van der Waals surface area contributed by atoms with Crippen LogP contribution in [0.2, 0.25) is 0 Å². The molecule has 28 heavy (non-hydrogen) atoms. The quantitative estimate of drug-likeness (QED) is 0.800. The maximum absolute atomic E-state index is 12.9. The Bertz CT molecular complexity index is 906. The Morgan fingerprint density at radius 3 is 2.32 bits per heavy atom. The maximum atomic E-state index is 12.9. The lowest BCUT2D eigenvalue weighted by Gasteiger charge is -2.31. The maximum Gasteiger partial charge on any atom is 0.258 e. The molecule has 0 spiro atoms. The van der Waals surface area contributed by atoms with Crippen LogP contribution >= 0.6 is 0 Å². The van der Waals surface area contributed by atoms with Gasteiger partial charge in [0.2, 0.25) is 10.0 Å². The molecule has 2 aromatic carbocycles. The van der Waals surface area contributed by atoms with E-state index in [1.165, 1.54) is 28.6 Å². The van der Waals surface area contributed by atoms with Gasteiger partial charge in [-0.3, -0.25) is 4.79 Å². The first-order valence-electron chi connectivity index (χ1n) is 9.09. The topological polar surface area (TPSA) is 75.7 Å². The molecule has 1 amide bonds. The van der Waals surface area contributed by atoms with E-state index in [1.807, 2.05) is 6.92 Å². The van der Waals surface area contributed by atoms with Crippen LogP contribution in [-0.2, 0) is 14.8 Å². The number of hydrogen-bond donors (Lipinski definition) is 1. The van der Waals surface area contributed by atoms with E-state index in [2.05, 4.69) is 5.32 Å². The van der Waals surface area contributed by atoms with Crippen LogP contribution in [0.25, 0.3) is 0 Å². The SMILES string of the molecule is Cc1ccc(S(=O)(=O)N2CCC(NC(=O)COc3ccc(F)cc3)CC2)cc1. The molecular weight excluding hydrogens is 383 g/mol. The van der Waals surface area contributed by atoms with Crippen molar-refractivity contribution in [1.82, 2.24) is 9.62 Å². The van der Waals surface area contributed by atoms with E-state index >= 15 is 0 Å². The first kappa shape index (κ1) is 20.3. The van der Waals surface area contributed by atoms with Crippen LogP contribution in [0.1, 0.15) is 18.4 Å². The number of hydrogen-bond acceptors (Lipinski definition) is 4. The van der Waals surface area contributed by atoms with Crippen LogP contribution in [0, 0.1) is 12.7 Å². The highest BCUT2D eigenvalue weighted by Gasteiger charge is 2.29. The molecule has 3 rings (SSSR count). The van der Waals surface area contributed by atoms with Gasteiger partial charge < -0.3 is 10.1 Å². The van der Waals surface area contributed by atoms with Crippen molar-refractivity contribution in [3.05, 3.63) is 59.9 Å². The van der Waals surface area contributed by atoms with Crippen LogP contribution in [0.3, 0.4) is 0 Å². The number of carbonyl (C=O) groups is 1. The molecule has 6 nitrogen and oxygen atoms in total. The normalized spacial score (nSPS) is 15.9. The van der Waals surface area contributed by atoms with Gasteiger partial charge in [0.15, 0.2) is 6.61 Å². The second-order valence-corrected chi connectivity index (χ2v) is 8.74. The fourth-order valence-corrected chi connectivity index (χ4v) is 4.52. The summed E-state index contributed by atoms with van der Waals surface area (Å²) in [5.41, 5.74) is 1.00. The number of sulfonamides is 1. The van der Waals surface area contributed by atoms with Crippen LogP contribution in [0.5, 0.6) is 5.75 Å². The summed E-state index contributed by atoms with van der Waals surface area (Å²) in [6.07, 6.45) is 1.07. The summed E-state index contributed by atoms with van der Waals surface area (Å²) in [6.45, 7) is 2.43.